The van der Waals surface area contributed by atoms with E-state index in [4.69, 9.17) is 8.37 Å². The van der Waals surface area contributed by atoms with E-state index in [-0.39, 0.29) is 31.9 Å². The molecule has 0 radical (unpaired) electrons. The largest absolute Gasteiger partial charge is 0.367 e. The van der Waals surface area contributed by atoms with Crippen molar-refractivity contribution in [1.82, 2.24) is 0 Å². The second-order valence-electron chi connectivity index (χ2n) is 9.42. The Morgan fingerprint density at radius 2 is 1.07 bits per heavy atom. The molecular formula is C29H29N3O9S2. The molecule has 14 heteroatoms. The third-order valence-corrected chi connectivity index (χ3v) is 7.35. The lowest BCUT2D eigenvalue weighted by molar-refractivity contribution is -0.121. The van der Waals surface area contributed by atoms with Crippen molar-refractivity contribution in [2.45, 2.75) is 0 Å². The number of hydrogen-bond acceptors (Lipinski definition) is 10. The Kier molecular flexibility index (Phi) is 9.76. The zero-order valence-corrected chi connectivity index (χ0v) is 25.0. The van der Waals surface area contributed by atoms with Crippen LogP contribution in [0.25, 0.3) is 6.08 Å². The Morgan fingerprint density at radius 3 is 1.47 bits per heavy atom. The number of barbiturate groups is 1. The Labute approximate surface area is 250 Å². The highest BCUT2D eigenvalue weighted by Gasteiger charge is 2.43. The van der Waals surface area contributed by atoms with Crippen molar-refractivity contribution in [3.63, 3.8) is 0 Å². The van der Waals surface area contributed by atoms with Gasteiger partial charge < -0.3 is 4.90 Å². The number of amides is 4. The summed E-state index contributed by atoms with van der Waals surface area (Å²) in [6.07, 6.45) is 3.23. The van der Waals surface area contributed by atoms with E-state index in [9.17, 15) is 31.2 Å². The maximum Gasteiger partial charge on any atom is 0.343 e. The second kappa shape index (κ2) is 13.3. The zero-order valence-electron chi connectivity index (χ0n) is 23.3. The fourth-order valence-electron chi connectivity index (χ4n) is 4.25. The first kappa shape index (κ1) is 31.6. The molecule has 4 amide bonds. The Hall–Kier alpha value is -4.37. The molecule has 0 unspecified atom stereocenters. The molecule has 1 heterocycles. The van der Waals surface area contributed by atoms with Crippen molar-refractivity contribution in [3.05, 3.63) is 96.1 Å². The van der Waals surface area contributed by atoms with E-state index in [0.717, 1.165) is 22.3 Å². The topological polar surface area (TPSA) is 148 Å². The minimum absolute atomic E-state index is 0.0950. The molecule has 3 aromatic carbocycles. The average Bonchev–Trinajstić information content (AvgIpc) is 2.95. The Balaban J connectivity index is 1.65. The smallest absolute Gasteiger partial charge is 0.343 e. The van der Waals surface area contributed by atoms with Crippen molar-refractivity contribution in [1.29, 1.82) is 0 Å². The van der Waals surface area contributed by atoms with Crippen LogP contribution in [0, 0.1) is 0 Å². The molecular weight excluding hydrogens is 598 g/mol. The van der Waals surface area contributed by atoms with Crippen molar-refractivity contribution >= 4 is 61.2 Å². The Bertz CT molecular complexity index is 1630. The van der Waals surface area contributed by atoms with Crippen LogP contribution >= 0.6 is 0 Å². The van der Waals surface area contributed by atoms with E-state index >= 15 is 0 Å². The van der Waals surface area contributed by atoms with E-state index < -0.39 is 38.1 Å². The number of imide groups is 2. The van der Waals surface area contributed by atoms with Gasteiger partial charge in [0.05, 0.1) is 37.1 Å². The van der Waals surface area contributed by atoms with Gasteiger partial charge in [0, 0.05) is 18.8 Å². The van der Waals surface area contributed by atoms with Crippen LogP contribution in [0.3, 0.4) is 0 Å². The summed E-state index contributed by atoms with van der Waals surface area (Å²) in [4.78, 5) is 44.1. The quantitative estimate of drug-likeness (QED) is 0.167. The van der Waals surface area contributed by atoms with Gasteiger partial charge in [-0.3, -0.25) is 18.0 Å². The van der Waals surface area contributed by atoms with E-state index in [1.165, 1.54) is 6.08 Å². The molecule has 0 atom stereocenters. The van der Waals surface area contributed by atoms with E-state index in [2.05, 4.69) is 0 Å². The number of para-hydroxylation sites is 2. The molecule has 3 aromatic rings. The molecule has 0 spiro atoms. The van der Waals surface area contributed by atoms with Gasteiger partial charge in [-0.15, -0.1) is 0 Å². The normalized spacial score (nSPS) is 14.3. The molecule has 1 saturated heterocycles. The highest BCUT2D eigenvalue weighted by atomic mass is 32.2. The van der Waals surface area contributed by atoms with E-state index in [1.54, 1.807) is 89.8 Å². The second-order valence-corrected chi connectivity index (χ2v) is 12.7. The first-order valence-electron chi connectivity index (χ1n) is 12.9. The monoisotopic (exact) mass is 627 g/mol. The summed E-state index contributed by atoms with van der Waals surface area (Å²) in [5.74, 6) is -1.56. The molecule has 12 nitrogen and oxygen atoms in total. The Morgan fingerprint density at radius 1 is 0.651 bits per heavy atom. The van der Waals surface area contributed by atoms with Gasteiger partial charge in [0.25, 0.3) is 32.1 Å². The number of rotatable bonds is 12. The SMILES string of the molecule is CS(=O)(=O)OCCN(CCOS(C)(=O)=O)c1ccc(C=C2C(=O)N(c3ccccc3)C(=O)N(c3ccccc3)C2=O)cc1. The van der Waals surface area contributed by atoms with Crippen molar-refractivity contribution < 1.29 is 39.6 Å². The van der Waals surface area contributed by atoms with E-state index in [0.29, 0.717) is 22.6 Å². The number of hydrogen-bond donors (Lipinski definition) is 0. The standard InChI is InChI=1S/C29H29N3O9S2/c1-42(36,37)40-19-17-30(18-20-41-43(2,38)39)23-15-13-22(14-16-23)21-26-27(33)31(24-9-5-3-6-10-24)29(35)32(28(26)34)25-11-7-4-8-12-25/h3-16,21H,17-20H2,1-2H3. The lowest BCUT2D eigenvalue weighted by Crippen LogP contribution is -2.57. The van der Waals surface area contributed by atoms with Gasteiger partial charge in [-0.05, 0) is 48.0 Å². The van der Waals surface area contributed by atoms with Gasteiger partial charge in [0.1, 0.15) is 5.57 Å². The number of carbonyl (C=O) groups is 3. The summed E-state index contributed by atoms with van der Waals surface area (Å²) in [6, 6.07) is 22.3. The van der Waals surface area contributed by atoms with Crippen molar-refractivity contribution in [2.24, 2.45) is 0 Å². The predicted molar refractivity (Wildman–Crippen MR) is 161 cm³/mol. The third-order valence-electron chi connectivity index (χ3n) is 6.16. The summed E-state index contributed by atoms with van der Waals surface area (Å²) < 4.78 is 55.2. The predicted octanol–water partition coefficient (Wildman–Crippen LogP) is 3.03. The van der Waals surface area contributed by atoms with Gasteiger partial charge in [-0.2, -0.15) is 16.8 Å². The van der Waals surface area contributed by atoms with Crippen LogP contribution in [-0.2, 0) is 38.2 Å². The van der Waals surface area contributed by atoms with Crippen LogP contribution in [0.2, 0.25) is 0 Å². The highest BCUT2D eigenvalue weighted by Crippen LogP contribution is 2.29. The third kappa shape index (κ3) is 8.35. The lowest BCUT2D eigenvalue weighted by atomic mass is 10.0. The number of carbonyl (C=O) groups excluding carboxylic acids is 3. The first-order valence-corrected chi connectivity index (χ1v) is 16.6. The molecule has 0 aromatic heterocycles. The lowest BCUT2D eigenvalue weighted by Gasteiger charge is -2.34. The average molecular weight is 628 g/mol. The minimum Gasteiger partial charge on any atom is -0.367 e. The molecule has 0 aliphatic carbocycles. The molecule has 226 valence electrons. The van der Waals surface area contributed by atoms with Crippen LogP contribution in [0.1, 0.15) is 5.56 Å². The van der Waals surface area contributed by atoms with Gasteiger partial charge in [-0.1, -0.05) is 48.5 Å². The summed E-state index contributed by atoms with van der Waals surface area (Å²) in [6.45, 7) is -0.189. The van der Waals surface area contributed by atoms with Crippen LogP contribution in [0.5, 0.6) is 0 Å². The molecule has 1 aliphatic heterocycles. The number of benzene rings is 3. The maximum absolute atomic E-state index is 13.6. The first-order chi connectivity index (χ1) is 20.3. The molecule has 1 fully saturated rings. The zero-order chi connectivity index (χ0) is 31.2. The summed E-state index contributed by atoms with van der Waals surface area (Å²) in [7, 11) is -7.38. The number of urea groups is 1. The van der Waals surface area contributed by atoms with Crippen LogP contribution < -0.4 is 14.7 Å². The fourth-order valence-corrected chi connectivity index (χ4v) is 5.01. The van der Waals surface area contributed by atoms with Gasteiger partial charge in [0.2, 0.25) is 0 Å². The number of anilines is 3. The minimum atomic E-state index is -3.69. The summed E-state index contributed by atoms with van der Waals surface area (Å²) >= 11 is 0. The molecule has 1 aliphatic rings. The fraction of sp³-hybridized carbons (Fsp3) is 0.207. The van der Waals surface area contributed by atoms with Gasteiger partial charge in [-0.25, -0.2) is 14.6 Å². The molecule has 0 bridgehead atoms. The number of nitrogens with zero attached hydrogens (tertiary/aromatic N) is 3. The molecule has 0 saturated carbocycles. The van der Waals surface area contributed by atoms with Crippen LogP contribution in [0.15, 0.2) is 90.5 Å². The van der Waals surface area contributed by atoms with Crippen LogP contribution in [0.4, 0.5) is 21.9 Å². The maximum atomic E-state index is 13.6. The molecule has 4 rings (SSSR count). The summed E-state index contributed by atoms with van der Waals surface area (Å²) in [5, 5.41) is 0. The van der Waals surface area contributed by atoms with Gasteiger partial charge in [0.15, 0.2) is 0 Å². The van der Waals surface area contributed by atoms with Crippen molar-refractivity contribution in [3.8, 4) is 0 Å². The van der Waals surface area contributed by atoms with Gasteiger partial charge >= 0.3 is 6.03 Å². The molecule has 43 heavy (non-hydrogen) atoms. The summed E-state index contributed by atoms with van der Waals surface area (Å²) in [5.41, 5.74) is 1.41. The highest BCUT2D eigenvalue weighted by molar-refractivity contribution is 7.86. The van der Waals surface area contributed by atoms with Crippen molar-refractivity contribution in [2.75, 3.05) is 53.5 Å². The van der Waals surface area contributed by atoms with Crippen LogP contribution in [-0.4, -0.2) is 73.5 Å². The van der Waals surface area contributed by atoms with E-state index in [1.807, 2.05) is 0 Å². The molecule has 0 N–H and O–H groups in total.